The normalized spacial score (nSPS) is 13.6. The number of piperazine rings is 1. The number of hydrogen-bond donors (Lipinski definition) is 2. The summed E-state index contributed by atoms with van der Waals surface area (Å²) in [5, 5.41) is 6.02. The van der Waals surface area contributed by atoms with E-state index in [1.165, 1.54) is 0 Å². The minimum atomic E-state index is -0.115. The second-order valence-corrected chi connectivity index (χ2v) is 8.96. The third-order valence-corrected chi connectivity index (χ3v) is 6.66. The summed E-state index contributed by atoms with van der Waals surface area (Å²) >= 11 is 0. The molecule has 0 unspecified atom stereocenters. The number of rotatable bonds is 12. The smallest absolute Gasteiger partial charge is 0.253 e. The van der Waals surface area contributed by atoms with E-state index in [0.717, 1.165) is 69.4 Å². The van der Waals surface area contributed by atoms with Crippen molar-refractivity contribution in [1.29, 1.82) is 0 Å². The fourth-order valence-electron chi connectivity index (χ4n) is 4.56. The molecule has 1 saturated heterocycles. The second-order valence-electron chi connectivity index (χ2n) is 8.96. The SMILES string of the molecule is CCCC(=O)Nc1ccc(N2CCN(c3ccccc3OC)CC2)c(C(=O)NCCN(CC)CC)c1. The molecule has 2 aromatic rings. The molecule has 8 heteroatoms. The van der Waals surface area contributed by atoms with E-state index >= 15 is 0 Å². The molecule has 0 saturated carbocycles. The number of methoxy groups -OCH3 is 1. The summed E-state index contributed by atoms with van der Waals surface area (Å²) in [7, 11) is 1.70. The summed E-state index contributed by atoms with van der Waals surface area (Å²) in [5.74, 6) is 0.714. The molecule has 0 aromatic heterocycles. The molecular weight excluding hydrogens is 454 g/mol. The quantitative estimate of drug-likeness (QED) is 0.466. The molecule has 0 radical (unpaired) electrons. The molecular formula is C28H41N5O3. The molecule has 1 heterocycles. The highest BCUT2D eigenvalue weighted by molar-refractivity contribution is 6.02. The first-order chi connectivity index (χ1) is 17.5. The Morgan fingerprint density at radius 3 is 2.25 bits per heavy atom. The molecule has 2 aromatic carbocycles. The number of benzene rings is 2. The van der Waals surface area contributed by atoms with Crippen molar-refractivity contribution in [2.45, 2.75) is 33.6 Å². The third kappa shape index (κ3) is 7.13. The molecule has 1 aliphatic heterocycles. The fraction of sp³-hybridized carbons (Fsp3) is 0.500. The lowest BCUT2D eigenvalue weighted by atomic mass is 10.1. The van der Waals surface area contributed by atoms with Crippen molar-refractivity contribution in [3.63, 3.8) is 0 Å². The number of nitrogens with one attached hydrogen (secondary N) is 2. The van der Waals surface area contributed by atoms with Crippen molar-refractivity contribution < 1.29 is 14.3 Å². The summed E-state index contributed by atoms with van der Waals surface area (Å²) in [6.45, 7) is 12.7. The van der Waals surface area contributed by atoms with Crippen LogP contribution in [0, 0.1) is 0 Å². The molecule has 36 heavy (non-hydrogen) atoms. The first kappa shape index (κ1) is 27.3. The molecule has 0 bridgehead atoms. The minimum absolute atomic E-state index is 0.0384. The van der Waals surface area contributed by atoms with Gasteiger partial charge in [-0.05, 0) is 49.8 Å². The third-order valence-electron chi connectivity index (χ3n) is 6.66. The van der Waals surface area contributed by atoms with E-state index < -0.39 is 0 Å². The van der Waals surface area contributed by atoms with Gasteiger partial charge < -0.3 is 30.1 Å². The molecule has 0 atom stereocenters. The average molecular weight is 496 g/mol. The number of carbonyl (C=O) groups excluding carboxylic acids is 2. The first-order valence-electron chi connectivity index (χ1n) is 13.1. The number of carbonyl (C=O) groups is 2. The number of likely N-dealkylation sites (N-methyl/N-ethyl adjacent to an activating group) is 1. The van der Waals surface area contributed by atoms with Gasteiger partial charge in [-0.15, -0.1) is 0 Å². The highest BCUT2D eigenvalue weighted by Gasteiger charge is 2.24. The fourth-order valence-corrected chi connectivity index (χ4v) is 4.56. The summed E-state index contributed by atoms with van der Waals surface area (Å²) < 4.78 is 5.55. The van der Waals surface area contributed by atoms with Crippen molar-refractivity contribution in [2.75, 3.05) is 74.6 Å². The lowest BCUT2D eigenvalue weighted by Crippen LogP contribution is -2.47. The molecule has 196 valence electrons. The van der Waals surface area contributed by atoms with Gasteiger partial charge in [0.25, 0.3) is 5.91 Å². The number of anilines is 3. The van der Waals surface area contributed by atoms with E-state index in [0.29, 0.717) is 24.2 Å². The Kier molecular flexibility index (Phi) is 10.4. The minimum Gasteiger partial charge on any atom is -0.495 e. The molecule has 2 N–H and O–H groups in total. The van der Waals surface area contributed by atoms with E-state index in [2.05, 4.69) is 45.2 Å². The highest BCUT2D eigenvalue weighted by Crippen LogP contribution is 2.31. The van der Waals surface area contributed by atoms with Crippen LogP contribution in [-0.2, 0) is 4.79 Å². The van der Waals surface area contributed by atoms with Gasteiger partial charge in [-0.2, -0.15) is 0 Å². The molecule has 0 spiro atoms. The molecule has 1 aliphatic rings. The Balaban J connectivity index is 1.76. The van der Waals surface area contributed by atoms with Gasteiger partial charge in [-0.3, -0.25) is 9.59 Å². The predicted molar refractivity (Wildman–Crippen MR) is 148 cm³/mol. The van der Waals surface area contributed by atoms with Gasteiger partial charge in [-0.25, -0.2) is 0 Å². The standard InChI is InChI=1S/C28H41N5O3/c1-5-10-27(34)30-22-13-14-24(23(21-22)28(35)29-15-16-31(6-2)7-3)32-17-19-33(20-18-32)25-11-8-9-12-26(25)36-4/h8-9,11-14,21H,5-7,10,15-20H2,1-4H3,(H,29,35)(H,30,34). The molecule has 8 nitrogen and oxygen atoms in total. The van der Waals surface area contributed by atoms with E-state index in [1.54, 1.807) is 7.11 Å². The van der Waals surface area contributed by atoms with Crippen LogP contribution in [-0.4, -0.2) is 76.2 Å². The number of para-hydroxylation sites is 2. The Morgan fingerprint density at radius 1 is 0.944 bits per heavy atom. The van der Waals surface area contributed by atoms with Crippen LogP contribution in [0.2, 0.25) is 0 Å². The molecule has 1 fully saturated rings. The van der Waals surface area contributed by atoms with Crippen LogP contribution >= 0.6 is 0 Å². The zero-order chi connectivity index (χ0) is 25.9. The van der Waals surface area contributed by atoms with Crippen LogP contribution in [0.4, 0.5) is 17.1 Å². The number of nitrogens with zero attached hydrogens (tertiary/aromatic N) is 3. The average Bonchev–Trinajstić information content (AvgIpc) is 2.91. The predicted octanol–water partition coefficient (Wildman–Crippen LogP) is 3.83. The van der Waals surface area contributed by atoms with E-state index in [4.69, 9.17) is 4.74 Å². The highest BCUT2D eigenvalue weighted by atomic mass is 16.5. The summed E-state index contributed by atoms with van der Waals surface area (Å²) in [6.07, 6.45) is 1.23. The Morgan fingerprint density at radius 2 is 1.61 bits per heavy atom. The summed E-state index contributed by atoms with van der Waals surface area (Å²) in [5.41, 5.74) is 3.22. The zero-order valence-corrected chi connectivity index (χ0v) is 22.2. The molecule has 0 aliphatic carbocycles. The van der Waals surface area contributed by atoms with Crippen molar-refractivity contribution in [3.05, 3.63) is 48.0 Å². The van der Waals surface area contributed by atoms with Crippen LogP contribution < -0.4 is 25.2 Å². The monoisotopic (exact) mass is 495 g/mol. The number of ether oxygens (including phenoxy) is 1. The van der Waals surface area contributed by atoms with Crippen molar-refractivity contribution in [3.8, 4) is 5.75 Å². The van der Waals surface area contributed by atoms with Crippen molar-refractivity contribution in [2.24, 2.45) is 0 Å². The maximum absolute atomic E-state index is 13.3. The van der Waals surface area contributed by atoms with Crippen LogP contribution in [0.25, 0.3) is 0 Å². The lowest BCUT2D eigenvalue weighted by molar-refractivity contribution is -0.116. The molecule has 3 rings (SSSR count). The van der Waals surface area contributed by atoms with Gasteiger partial charge in [0.05, 0.1) is 18.4 Å². The Bertz CT molecular complexity index is 1000. The van der Waals surface area contributed by atoms with Gasteiger partial charge in [0.15, 0.2) is 0 Å². The first-order valence-corrected chi connectivity index (χ1v) is 13.1. The van der Waals surface area contributed by atoms with Crippen LogP contribution in [0.15, 0.2) is 42.5 Å². The van der Waals surface area contributed by atoms with Gasteiger partial charge in [0, 0.05) is 57.1 Å². The number of hydrogen-bond acceptors (Lipinski definition) is 6. The van der Waals surface area contributed by atoms with Crippen molar-refractivity contribution in [1.82, 2.24) is 10.2 Å². The Hall–Kier alpha value is -3.26. The summed E-state index contributed by atoms with van der Waals surface area (Å²) in [4.78, 5) is 32.3. The van der Waals surface area contributed by atoms with Crippen LogP contribution in [0.1, 0.15) is 44.0 Å². The van der Waals surface area contributed by atoms with Gasteiger partial charge >= 0.3 is 0 Å². The maximum atomic E-state index is 13.3. The lowest BCUT2D eigenvalue weighted by Gasteiger charge is -2.38. The van der Waals surface area contributed by atoms with Gasteiger partial charge in [0.2, 0.25) is 5.91 Å². The van der Waals surface area contributed by atoms with Gasteiger partial charge in [0.1, 0.15) is 5.75 Å². The topological polar surface area (TPSA) is 77.1 Å². The van der Waals surface area contributed by atoms with E-state index in [-0.39, 0.29) is 11.8 Å². The van der Waals surface area contributed by atoms with E-state index in [9.17, 15) is 9.59 Å². The maximum Gasteiger partial charge on any atom is 0.253 e. The largest absolute Gasteiger partial charge is 0.495 e. The summed E-state index contributed by atoms with van der Waals surface area (Å²) in [6, 6.07) is 13.7. The van der Waals surface area contributed by atoms with Gasteiger partial charge in [-0.1, -0.05) is 32.9 Å². The number of amides is 2. The van der Waals surface area contributed by atoms with Crippen LogP contribution in [0.3, 0.4) is 0 Å². The van der Waals surface area contributed by atoms with Crippen LogP contribution in [0.5, 0.6) is 5.75 Å². The Labute approximate surface area is 215 Å². The van der Waals surface area contributed by atoms with E-state index in [1.807, 2.05) is 43.3 Å². The zero-order valence-electron chi connectivity index (χ0n) is 22.2. The van der Waals surface area contributed by atoms with Crippen molar-refractivity contribution >= 4 is 28.9 Å². The molecule has 2 amide bonds. The second kappa shape index (κ2) is 13.7.